The van der Waals surface area contributed by atoms with Gasteiger partial charge in [0, 0.05) is 17.5 Å². The van der Waals surface area contributed by atoms with Crippen LogP contribution in [0.5, 0.6) is 5.75 Å². The van der Waals surface area contributed by atoms with Crippen molar-refractivity contribution >= 4 is 23.2 Å². The Labute approximate surface area is 155 Å². The fraction of sp³-hybridized carbons (Fsp3) is 0.312. The second kappa shape index (κ2) is 8.80. The molecule has 1 aromatic heterocycles. The van der Waals surface area contributed by atoms with Crippen molar-refractivity contribution in [3.63, 3.8) is 0 Å². The highest BCUT2D eigenvalue weighted by Gasteiger charge is 2.48. The molecule has 0 fully saturated rings. The van der Waals surface area contributed by atoms with Crippen LogP contribution in [0.15, 0.2) is 29.6 Å². The fourth-order valence-corrected chi connectivity index (χ4v) is 2.70. The third-order valence-electron chi connectivity index (χ3n) is 3.39. The predicted octanol–water partition coefficient (Wildman–Crippen LogP) is 2.60. The SMILES string of the molecule is COc1ccccc1CNC(=O)c1csc(CNC(=O)C(F)(F)C(F)F)n1. The molecule has 27 heavy (non-hydrogen) atoms. The van der Waals surface area contributed by atoms with Crippen molar-refractivity contribution in [2.24, 2.45) is 0 Å². The maximum absolute atomic E-state index is 12.8. The zero-order chi connectivity index (χ0) is 20.0. The van der Waals surface area contributed by atoms with Crippen LogP contribution in [0, 0.1) is 0 Å². The van der Waals surface area contributed by atoms with Gasteiger partial charge in [0.1, 0.15) is 16.5 Å². The molecule has 0 bridgehead atoms. The lowest BCUT2D eigenvalue weighted by Crippen LogP contribution is -2.44. The number of rotatable bonds is 8. The summed E-state index contributed by atoms with van der Waals surface area (Å²) in [6.07, 6.45) is -4.11. The maximum Gasteiger partial charge on any atom is 0.383 e. The minimum absolute atomic E-state index is 0.0137. The molecule has 6 nitrogen and oxygen atoms in total. The molecule has 2 rings (SSSR count). The van der Waals surface area contributed by atoms with E-state index in [-0.39, 0.29) is 17.2 Å². The summed E-state index contributed by atoms with van der Waals surface area (Å²) in [5.41, 5.74) is 0.755. The molecule has 0 unspecified atom stereocenters. The van der Waals surface area contributed by atoms with E-state index in [0.29, 0.717) is 5.75 Å². The van der Waals surface area contributed by atoms with E-state index < -0.39 is 30.7 Å². The second-order valence-electron chi connectivity index (χ2n) is 5.23. The number of alkyl halides is 4. The van der Waals surface area contributed by atoms with Crippen LogP contribution in [0.25, 0.3) is 0 Å². The summed E-state index contributed by atoms with van der Waals surface area (Å²) in [7, 11) is 1.50. The first-order chi connectivity index (χ1) is 12.8. The lowest BCUT2D eigenvalue weighted by Gasteiger charge is -2.13. The van der Waals surface area contributed by atoms with Gasteiger partial charge in [-0.15, -0.1) is 11.3 Å². The number of halogens is 4. The van der Waals surface area contributed by atoms with Gasteiger partial charge in [0.2, 0.25) is 0 Å². The normalized spacial score (nSPS) is 11.3. The summed E-state index contributed by atoms with van der Waals surface area (Å²) in [6, 6.07) is 7.07. The summed E-state index contributed by atoms with van der Waals surface area (Å²) < 4.78 is 55.0. The van der Waals surface area contributed by atoms with Crippen molar-refractivity contribution in [3.05, 3.63) is 45.9 Å². The van der Waals surface area contributed by atoms with E-state index in [1.165, 1.54) is 12.5 Å². The molecule has 1 aromatic carbocycles. The molecular formula is C16H15F4N3O3S. The highest BCUT2D eigenvalue weighted by molar-refractivity contribution is 7.09. The second-order valence-corrected chi connectivity index (χ2v) is 6.17. The topological polar surface area (TPSA) is 80.3 Å². The van der Waals surface area contributed by atoms with Gasteiger partial charge in [-0.3, -0.25) is 9.59 Å². The third-order valence-corrected chi connectivity index (χ3v) is 4.24. The van der Waals surface area contributed by atoms with Gasteiger partial charge in [-0.2, -0.15) is 8.78 Å². The Bertz CT molecular complexity index is 814. The number of benzene rings is 1. The Balaban J connectivity index is 1.91. The van der Waals surface area contributed by atoms with Crippen LogP contribution in [0.1, 0.15) is 21.1 Å². The minimum atomic E-state index is -4.79. The number of hydrogen-bond donors (Lipinski definition) is 2. The quantitative estimate of drug-likeness (QED) is 0.662. The molecule has 0 radical (unpaired) electrons. The molecule has 2 N–H and O–H groups in total. The number of carbonyl (C=O) groups is 2. The molecule has 2 amide bonds. The Morgan fingerprint density at radius 3 is 2.59 bits per heavy atom. The number of ether oxygens (including phenoxy) is 1. The van der Waals surface area contributed by atoms with E-state index in [9.17, 15) is 27.2 Å². The Hall–Kier alpha value is -2.69. The van der Waals surface area contributed by atoms with Gasteiger partial charge >= 0.3 is 12.3 Å². The fourth-order valence-electron chi connectivity index (χ4n) is 1.98. The van der Waals surface area contributed by atoms with Crippen LogP contribution in [-0.2, 0) is 17.9 Å². The average Bonchev–Trinajstić information content (AvgIpc) is 3.13. The zero-order valence-corrected chi connectivity index (χ0v) is 14.8. The van der Waals surface area contributed by atoms with Crippen LogP contribution in [0.2, 0.25) is 0 Å². The largest absolute Gasteiger partial charge is 0.496 e. The van der Waals surface area contributed by atoms with Crippen molar-refractivity contribution in [2.45, 2.75) is 25.4 Å². The molecule has 0 saturated heterocycles. The molecule has 2 aromatic rings. The van der Waals surface area contributed by atoms with E-state index in [4.69, 9.17) is 4.74 Å². The van der Waals surface area contributed by atoms with Crippen molar-refractivity contribution in [1.29, 1.82) is 0 Å². The van der Waals surface area contributed by atoms with Gasteiger partial charge < -0.3 is 15.4 Å². The van der Waals surface area contributed by atoms with Crippen LogP contribution in [-0.4, -0.2) is 36.3 Å². The number of aromatic nitrogens is 1. The van der Waals surface area contributed by atoms with Crippen LogP contribution >= 0.6 is 11.3 Å². The first kappa shape index (κ1) is 20.6. The minimum Gasteiger partial charge on any atom is -0.496 e. The molecule has 0 aliphatic rings. The van der Waals surface area contributed by atoms with Crippen LogP contribution < -0.4 is 15.4 Å². The lowest BCUT2D eigenvalue weighted by atomic mass is 10.2. The molecule has 11 heteroatoms. The molecule has 0 aliphatic heterocycles. The lowest BCUT2D eigenvalue weighted by molar-refractivity contribution is -0.169. The average molecular weight is 405 g/mol. The summed E-state index contributed by atoms with van der Waals surface area (Å²) >= 11 is 0.924. The first-order valence-electron chi connectivity index (χ1n) is 7.54. The molecule has 1 heterocycles. The Morgan fingerprint density at radius 1 is 1.22 bits per heavy atom. The molecule has 0 atom stereocenters. The Morgan fingerprint density at radius 2 is 1.93 bits per heavy atom. The van der Waals surface area contributed by atoms with Crippen LogP contribution in [0.3, 0.4) is 0 Å². The van der Waals surface area contributed by atoms with Crippen molar-refractivity contribution < 1.29 is 31.9 Å². The number of amides is 2. The standard InChI is InChI=1S/C16H15F4N3O3S/c1-26-11-5-3-2-4-9(11)6-21-13(24)10-8-27-12(23-10)7-22-15(25)16(19,20)14(17)18/h2-5,8,14H,6-7H2,1H3,(H,21,24)(H,22,25). The zero-order valence-electron chi connectivity index (χ0n) is 14.0. The number of nitrogens with zero attached hydrogens (tertiary/aromatic N) is 1. The van der Waals surface area contributed by atoms with Gasteiger partial charge in [0.15, 0.2) is 0 Å². The molecule has 0 spiro atoms. The summed E-state index contributed by atoms with van der Waals surface area (Å²) in [5, 5.41) is 5.79. The van der Waals surface area contributed by atoms with Crippen molar-refractivity contribution in [1.82, 2.24) is 15.6 Å². The van der Waals surface area contributed by atoms with Gasteiger partial charge in [-0.25, -0.2) is 13.8 Å². The van der Waals surface area contributed by atoms with Crippen molar-refractivity contribution in [2.75, 3.05) is 7.11 Å². The summed E-state index contributed by atoms with van der Waals surface area (Å²) in [5.74, 6) is -6.81. The first-order valence-corrected chi connectivity index (χ1v) is 8.42. The Kier molecular flexibility index (Phi) is 6.72. The number of methoxy groups -OCH3 is 1. The van der Waals surface area contributed by atoms with E-state index in [2.05, 4.69) is 10.3 Å². The number of carbonyl (C=O) groups excluding carboxylic acids is 2. The number of thiazole rings is 1. The summed E-state index contributed by atoms with van der Waals surface area (Å²) in [4.78, 5) is 27.1. The predicted molar refractivity (Wildman–Crippen MR) is 89.1 cm³/mol. The number of hydrogen-bond acceptors (Lipinski definition) is 5. The molecule has 0 saturated carbocycles. The van der Waals surface area contributed by atoms with Gasteiger partial charge in [0.05, 0.1) is 13.7 Å². The van der Waals surface area contributed by atoms with E-state index in [0.717, 1.165) is 16.9 Å². The summed E-state index contributed by atoms with van der Waals surface area (Å²) in [6.45, 7) is -0.321. The van der Waals surface area contributed by atoms with E-state index >= 15 is 0 Å². The maximum atomic E-state index is 12.8. The molecular weight excluding hydrogens is 390 g/mol. The van der Waals surface area contributed by atoms with Crippen molar-refractivity contribution in [3.8, 4) is 5.75 Å². The monoisotopic (exact) mass is 405 g/mol. The van der Waals surface area contributed by atoms with Gasteiger partial charge in [-0.05, 0) is 6.07 Å². The highest BCUT2D eigenvalue weighted by Crippen LogP contribution is 2.23. The molecule has 0 aliphatic carbocycles. The third kappa shape index (κ3) is 5.16. The van der Waals surface area contributed by atoms with E-state index in [1.54, 1.807) is 29.6 Å². The van der Waals surface area contributed by atoms with Gasteiger partial charge in [-0.1, -0.05) is 18.2 Å². The number of para-hydroxylation sites is 1. The van der Waals surface area contributed by atoms with E-state index in [1.807, 2.05) is 0 Å². The number of nitrogens with one attached hydrogen (secondary N) is 2. The smallest absolute Gasteiger partial charge is 0.383 e. The van der Waals surface area contributed by atoms with Gasteiger partial charge in [0.25, 0.3) is 11.8 Å². The molecule has 146 valence electrons. The van der Waals surface area contributed by atoms with Crippen LogP contribution in [0.4, 0.5) is 17.6 Å². The highest BCUT2D eigenvalue weighted by atomic mass is 32.1.